The molecule has 2 N–H and O–H groups in total. The van der Waals surface area contributed by atoms with E-state index in [1.54, 1.807) is 6.21 Å². The Morgan fingerprint density at radius 3 is 2.72 bits per heavy atom. The van der Waals surface area contributed by atoms with E-state index >= 15 is 0 Å². The van der Waals surface area contributed by atoms with Crippen molar-refractivity contribution in [1.29, 1.82) is 0 Å². The predicted octanol–water partition coefficient (Wildman–Crippen LogP) is 1.64. The quantitative estimate of drug-likeness (QED) is 0.597. The molecule has 1 aromatic carbocycles. The smallest absolute Gasteiger partial charge is 0.305 e. The van der Waals surface area contributed by atoms with Crippen molar-refractivity contribution in [2.75, 3.05) is 29.5 Å². The number of amides is 1. The van der Waals surface area contributed by atoms with Crippen molar-refractivity contribution >= 4 is 52.5 Å². The summed E-state index contributed by atoms with van der Waals surface area (Å²) in [5.74, 6) is 0.968. The molecule has 9 heteroatoms. The molecule has 2 aliphatic heterocycles. The van der Waals surface area contributed by atoms with E-state index in [2.05, 4.69) is 32.6 Å². The molecule has 25 heavy (non-hydrogen) atoms. The minimum atomic E-state index is -1.01. The first kappa shape index (κ1) is 17.8. The van der Waals surface area contributed by atoms with Gasteiger partial charge in [-0.25, -0.2) is 0 Å². The molecule has 0 aliphatic carbocycles. The zero-order valence-corrected chi connectivity index (χ0v) is 15.1. The number of carboxylic acids is 1. The lowest BCUT2D eigenvalue weighted by Gasteiger charge is -2.28. The van der Waals surface area contributed by atoms with Crippen LogP contribution >= 0.6 is 23.5 Å². The summed E-state index contributed by atoms with van der Waals surface area (Å²) in [6.07, 6.45) is 1.38. The highest BCUT2D eigenvalue weighted by atomic mass is 32.2. The van der Waals surface area contributed by atoms with E-state index in [-0.39, 0.29) is 12.3 Å². The van der Waals surface area contributed by atoms with Crippen LogP contribution in [0.3, 0.4) is 0 Å². The number of nitrogens with one attached hydrogen (secondary N) is 1. The van der Waals surface area contributed by atoms with Crippen molar-refractivity contribution < 1.29 is 14.7 Å². The zero-order valence-electron chi connectivity index (χ0n) is 13.4. The number of amidine groups is 1. The van der Waals surface area contributed by atoms with E-state index in [1.165, 1.54) is 5.69 Å². The van der Waals surface area contributed by atoms with E-state index in [0.29, 0.717) is 5.17 Å². The molecule has 7 nitrogen and oxygen atoms in total. The first-order valence-electron chi connectivity index (χ1n) is 7.85. The summed E-state index contributed by atoms with van der Waals surface area (Å²) in [6, 6.07) is 8.10. The maximum absolute atomic E-state index is 11.6. The Balaban J connectivity index is 1.57. The summed E-state index contributed by atoms with van der Waals surface area (Å²) in [4.78, 5) is 24.7. The number of benzene rings is 1. The van der Waals surface area contributed by atoms with Crippen molar-refractivity contribution in [3.8, 4) is 0 Å². The summed E-state index contributed by atoms with van der Waals surface area (Å²) in [5, 5.41) is 18.9. The Hall–Kier alpha value is -2.00. The van der Waals surface area contributed by atoms with Crippen LogP contribution in [0.2, 0.25) is 0 Å². The van der Waals surface area contributed by atoms with Crippen LogP contribution in [0, 0.1) is 0 Å². The molecule has 2 aliphatic rings. The van der Waals surface area contributed by atoms with Crippen LogP contribution in [-0.2, 0) is 9.59 Å². The van der Waals surface area contributed by atoms with Gasteiger partial charge < -0.3 is 15.3 Å². The fraction of sp³-hybridized carbons (Fsp3) is 0.375. The van der Waals surface area contributed by atoms with Gasteiger partial charge in [0.2, 0.25) is 5.91 Å². The minimum Gasteiger partial charge on any atom is -0.481 e. The highest BCUT2D eigenvalue weighted by Gasteiger charge is 2.32. The SMILES string of the molecule is O=C(O)CC1SC(=NN=Cc2ccc(N3CCSCC3)cc2)NC1=O. The van der Waals surface area contributed by atoms with Crippen molar-refractivity contribution in [3.63, 3.8) is 0 Å². The number of hydrogen-bond acceptors (Lipinski definition) is 7. The fourth-order valence-corrected chi connectivity index (χ4v) is 4.30. The first-order valence-corrected chi connectivity index (χ1v) is 9.88. The van der Waals surface area contributed by atoms with E-state index in [4.69, 9.17) is 5.11 Å². The lowest BCUT2D eigenvalue weighted by molar-refractivity contribution is -0.138. The largest absolute Gasteiger partial charge is 0.481 e. The molecule has 2 heterocycles. The monoisotopic (exact) mass is 378 g/mol. The van der Waals surface area contributed by atoms with Gasteiger partial charge in [-0.2, -0.15) is 16.9 Å². The van der Waals surface area contributed by atoms with Crippen LogP contribution < -0.4 is 10.2 Å². The molecule has 1 atom stereocenters. The Bertz CT molecular complexity index is 700. The predicted molar refractivity (Wildman–Crippen MR) is 103 cm³/mol. The average Bonchev–Trinajstić information content (AvgIpc) is 2.95. The Morgan fingerprint density at radius 2 is 2.04 bits per heavy atom. The standard InChI is InChI=1S/C16H18N4O3S2/c21-14(22)9-13-15(23)18-16(25-13)19-17-10-11-1-3-12(4-2-11)20-5-7-24-8-6-20/h1-4,10,13H,5-9H2,(H,21,22)(H,18,19,23). The Morgan fingerprint density at radius 1 is 1.32 bits per heavy atom. The van der Waals surface area contributed by atoms with Crippen molar-refractivity contribution in [2.45, 2.75) is 11.7 Å². The molecule has 0 spiro atoms. The van der Waals surface area contributed by atoms with Gasteiger partial charge in [-0.05, 0) is 17.7 Å². The number of aliphatic carboxylic acids is 1. The van der Waals surface area contributed by atoms with E-state index < -0.39 is 11.2 Å². The third-order valence-corrected chi connectivity index (χ3v) is 5.78. The van der Waals surface area contributed by atoms with Crippen molar-refractivity contribution in [2.24, 2.45) is 10.2 Å². The number of nitrogens with zero attached hydrogens (tertiary/aromatic N) is 3. The van der Waals surface area contributed by atoms with Gasteiger partial charge in [0.15, 0.2) is 5.17 Å². The third-order valence-electron chi connectivity index (χ3n) is 3.76. The maximum atomic E-state index is 11.6. The van der Waals surface area contributed by atoms with Gasteiger partial charge in [0.25, 0.3) is 0 Å². The number of carbonyl (C=O) groups is 2. The Labute approximate surface area is 154 Å². The lowest BCUT2D eigenvalue weighted by atomic mass is 10.2. The van der Waals surface area contributed by atoms with Crippen LogP contribution in [0.25, 0.3) is 0 Å². The first-order chi connectivity index (χ1) is 12.1. The van der Waals surface area contributed by atoms with Gasteiger partial charge in [-0.1, -0.05) is 23.9 Å². The molecular formula is C16H18N4O3S2. The molecule has 2 fully saturated rings. The molecule has 0 radical (unpaired) electrons. The highest BCUT2D eigenvalue weighted by Crippen LogP contribution is 2.22. The van der Waals surface area contributed by atoms with Gasteiger partial charge in [-0.15, -0.1) is 5.10 Å². The second-order valence-corrected chi connectivity index (χ2v) is 7.95. The van der Waals surface area contributed by atoms with Crippen LogP contribution in [0.1, 0.15) is 12.0 Å². The normalized spacial score (nSPS) is 22.6. The molecule has 132 valence electrons. The van der Waals surface area contributed by atoms with Crippen LogP contribution in [0.4, 0.5) is 5.69 Å². The number of anilines is 1. The molecule has 0 aromatic heterocycles. The van der Waals surface area contributed by atoms with Crippen LogP contribution in [0.5, 0.6) is 0 Å². The summed E-state index contributed by atoms with van der Waals surface area (Å²) >= 11 is 3.07. The summed E-state index contributed by atoms with van der Waals surface area (Å²) in [7, 11) is 0. The van der Waals surface area contributed by atoms with Crippen molar-refractivity contribution in [3.05, 3.63) is 29.8 Å². The highest BCUT2D eigenvalue weighted by molar-refractivity contribution is 8.15. The molecule has 1 unspecified atom stereocenters. The van der Waals surface area contributed by atoms with Crippen LogP contribution in [-0.4, -0.2) is 58.2 Å². The molecule has 0 bridgehead atoms. The van der Waals surface area contributed by atoms with Crippen LogP contribution in [0.15, 0.2) is 34.5 Å². The zero-order chi connectivity index (χ0) is 17.6. The number of thioether (sulfide) groups is 2. The lowest BCUT2D eigenvalue weighted by Crippen LogP contribution is -2.32. The molecular weight excluding hydrogens is 360 g/mol. The maximum Gasteiger partial charge on any atom is 0.305 e. The Kier molecular flexibility index (Phi) is 5.98. The van der Waals surface area contributed by atoms with Gasteiger partial charge in [0, 0.05) is 30.3 Å². The second kappa shape index (κ2) is 8.39. The van der Waals surface area contributed by atoms with Gasteiger partial charge in [0.1, 0.15) is 5.25 Å². The topological polar surface area (TPSA) is 94.4 Å². The number of carboxylic acid groups (broad SMARTS) is 1. The molecule has 3 rings (SSSR count). The van der Waals surface area contributed by atoms with Gasteiger partial charge >= 0.3 is 5.97 Å². The fourth-order valence-electron chi connectivity index (χ4n) is 2.49. The van der Waals surface area contributed by atoms with Crippen molar-refractivity contribution in [1.82, 2.24) is 5.32 Å². The summed E-state index contributed by atoms with van der Waals surface area (Å²) in [6.45, 7) is 2.14. The number of rotatable bonds is 5. The third kappa shape index (κ3) is 4.99. The minimum absolute atomic E-state index is 0.226. The second-order valence-electron chi connectivity index (χ2n) is 5.53. The molecule has 1 amide bonds. The molecule has 2 saturated heterocycles. The van der Waals surface area contributed by atoms with Gasteiger partial charge in [0.05, 0.1) is 12.6 Å². The molecule has 0 saturated carbocycles. The summed E-state index contributed by atoms with van der Waals surface area (Å²) in [5.41, 5.74) is 2.12. The number of hydrogen-bond donors (Lipinski definition) is 2. The summed E-state index contributed by atoms with van der Waals surface area (Å²) < 4.78 is 0. The van der Waals surface area contributed by atoms with E-state index in [1.807, 2.05) is 23.9 Å². The van der Waals surface area contributed by atoms with E-state index in [9.17, 15) is 9.59 Å². The van der Waals surface area contributed by atoms with Gasteiger partial charge in [-0.3, -0.25) is 9.59 Å². The average molecular weight is 378 g/mol. The van der Waals surface area contributed by atoms with E-state index in [0.717, 1.165) is 41.9 Å². The number of carbonyl (C=O) groups excluding carboxylic acids is 1. The molecule has 1 aromatic rings.